The van der Waals surface area contributed by atoms with Gasteiger partial charge in [0, 0.05) is 42.8 Å². The number of hydrogen-bond acceptors (Lipinski definition) is 4. The summed E-state index contributed by atoms with van der Waals surface area (Å²) >= 11 is 5.97. The molecule has 2 aromatic heterocycles. The van der Waals surface area contributed by atoms with Crippen molar-refractivity contribution in [2.45, 2.75) is 31.6 Å². The minimum Gasteiger partial charge on any atom is -0.445 e. The first-order valence-corrected chi connectivity index (χ1v) is 12.0. The Labute approximate surface area is 204 Å². The van der Waals surface area contributed by atoms with Crippen LogP contribution in [0.25, 0.3) is 0 Å². The van der Waals surface area contributed by atoms with Crippen molar-refractivity contribution in [3.8, 4) is 0 Å². The number of rotatable bonds is 6. The Kier molecular flexibility index (Phi) is 6.72. The minimum atomic E-state index is 0.0106. The fourth-order valence-corrected chi connectivity index (χ4v) is 4.53. The third kappa shape index (κ3) is 5.37. The molecule has 1 aliphatic rings. The van der Waals surface area contributed by atoms with E-state index >= 15 is 0 Å². The quantitative estimate of drug-likeness (QED) is 0.350. The molecule has 2 aromatic carbocycles. The van der Waals surface area contributed by atoms with Crippen LogP contribution in [0.4, 0.5) is 0 Å². The molecule has 172 valence electrons. The van der Waals surface area contributed by atoms with Crippen molar-refractivity contribution >= 4 is 17.5 Å². The van der Waals surface area contributed by atoms with E-state index in [0.717, 1.165) is 47.8 Å². The highest BCUT2D eigenvalue weighted by atomic mass is 35.5. The summed E-state index contributed by atoms with van der Waals surface area (Å²) in [5, 5.41) is 0.718. The molecule has 4 aromatic rings. The molecule has 1 amide bonds. The Balaban J connectivity index is 1.21. The van der Waals surface area contributed by atoms with Crippen LogP contribution in [0, 0.1) is 0 Å². The van der Waals surface area contributed by atoms with Gasteiger partial charge >= 0.3 is 0 Å². The molecule has 0 bridgehead atoms. The fraction of sp³-hybridized carbons (Fsp3) is 0.250. The number of hydrogen-bond donors (Lipinski definition) is 0. The van der Waals surface area contributed by atoms with E-state index < -0.39 is 0 Å². The van der Waals surface area contributed by atoms with Crippen LogP contribution >= 0.6 is 11.6 Å². The summed E-state index contributed by atoms with van der Waals surface area (Å²) < 4.78 is 6.07. The first-order chi connectivity index (χ1) is 16.6. The first kappa shape index (κ1) is 22.4. The molecular formula is C28H26ClN3O2. The molecule has 1 fully saturated rings. The molecule has 6 heteroatoms. The van der Waals surface area contributed by atoms with Crippen molar-refractivity contribution in [3.05, 3.63) is 118 Å². The SMILES string of the molecule is O=C(c1ccc(Cc2ccccc2)nc1)N1CCCC(c2ncc(Cc3ccc(Cl)cc3)o2)C1. The Morgan fingerprint density at radius 1 is 0.941 bits per heavy atom. The third-order valence-corrected chi connectivity index (χ3v) is 6.47. The lowest BCUT2D eigenvalue weighted by atomic mass is 9.97. The van der Waals surface area contributed by atoms with E-state index in [2.05, 4.69) is 22.1 Å². The standard InChI is InChI=1S/C28H26ClN3O2/c29-24-11-8-21(9-12-24)16-26-18-31-27(34-26)23-7-4-14-32(19-23)28(33)22-10-13-25(30-17-22)15-20-5-2-1-3-6-20/h1-3,5-6,8-13,17-18,23H,4,7,14-16,19H2. The summed E-state index contributed by atoms with van der Waals surface area (Å²) in [5.74, 6) is 1.63. The number of benzene rings is 2. The van der Waals surface area contributed by atoms with E-state index in [1.807, 2.05) is 59.5 Å². The van der Waals surface area contributed by atoms with E-state index in [0.29, 0.717) is 24.4 Å². The smallest absolute Gasteiger partial charge is 0.255 e. The zero-order valence-electron chi connectivity index (χ0n) is 18.9. The van der Waals surface area contributed by atoms with E-state index in [-0.39, 0.29) is 11.8 Å². The molecule has 5 rings (SSSR count). The van der Waals surface area contributed by atoms with Crippen LogP contribution < -0.4 is 0 Å². The number of carbonyl (C=O) groups is 1. The maximum atomic E-state index is 13.1. The lowest BCUT2D eigenvalue weighted by Gasteiger charge is -2.31. The monoisotopic (exact) mass is 471 g/mol. The summed E-state index contributed by atoms with van der Waals surface area (Å²) in [6.45, 7) is 1.34. The number of nitrogens with zero attached hydrogens (tertiary/aromatic N) is 3. The topological polar surface area (TPSA) is 59.2 Å². The largest absolute Gasteiger partial charge is 0.445 e. The van der Waals surface area contributed by atoms with Gasteiger partial charge < -0.3 is 9.32 Å². The number of carbonyl (C=O) groups excluding carboxylic acids is 1. The van der Waals surface area contributed by atoms with Crippen LogP contribution in [0.1, 0.15) is 57.6 Å². The zero-order chi connectivity index (χ0) is 23.3. The minimum absolute atomic E-state index is 0.0106. The van der Waals surface area contributed by atoms with Gasteiger partial charge in [0.05, 0.1) is 17.7 Å². The molecule has 0 spiro atoms. The molecule has 0 aliphatic carbocycles. The molecule has 3 heterocycles. The zero-order valence-corrected chi connectivity index (χ0v) is 19.6. The molecule has 1 aliphatic heterocycles. The summed E-state index contributed by atoms with van der Waals surface area (Å²) in [4.78, 5) is 24.1. The highest BCUT2D eigenvalue weighted by Crippen LogP contribution is 2.28. The van der Waals surface area contributed by atoms with Gasteiger partial charge in [0.15, 0.2) is 5.89 Å². The number of amides is 1. The van der Waals surface area contributed by atoms with Crippen LogP contribution in [0.5, 0.6) is 0 Å². The molecule has 1 atom stereocenters. The van der Waals surface area contributed by atoms with Crippen LogP contribution in [0.3, 0.4) is 0 Å². The number of oxazole rings is 1. The van der Waals surface area contributed by atoms with Gasteiger partial charge in [0.1, 0.15) is 5.76 Å². The Bertz CT molecular complexity index is 1240. The van der Waals surface area contributed by atoms with Crippen molar-refractivity contribution < 1.29 is 9.21 Å². The molecule has 34 heavy (non-hydrogen) atoms. The highest BCUT2D eigenvalue weighted by molar-refractivity contribution is 6.30. The third-order valence-electron chi connectivity index (χ3n) is 6.22. The summed E-state index contributed by atoms with van der Waals surface area (Å²) in [7, 11) is 0. The molecule has 0 saturated carbocycles. The van der Waals surface area contributed by atoms with Gasteiger partial charge in [0.25, 0.3) is 5.91 Å². The lowest BCUT2D eigenvalue weighted by Crippen LogP contribution is -2.39. The van der Waals surface area contributed by atoms with Gasteiger partial charge in [-0.25, -0.2) is 4.98 Å². The number of halogens is 1. The molecule has 1 unspecified atom stereocenters. The molecule has 5 nitrogen and oxygen atoms in total. The van der Waals surface area contributed by atoms with Crippen molar-refractivity contribution in [3.63, 3.8) is 0 Å². The Morgan fingerprint density at radius 2 is 1.74 bits per heavy atom. The van der Waals surface area contributed by atoms with Crippen LogP contribution in [0.2, 0.25) is 5.02 Å². The summed E-state index contributed by atoms with van der Waals surface area (Å²) in [5.41, 5.74) is 3.89. The van der Waals surface area contributed by atoms with E-state index in [1.165, 1.54) is 5.56 Å². The lowest BCUT2D eigenvalue weighted by molar-refractivity contribution is 0.0697. The number of piperidine rings is 1. The van der Waals surface area contributed by atoms with Gasteiger partial charge in [-0.15, -0.1) is 0 Å². The number of pyridine rings is 1. The van der Waals surface area contributed by atoms with Gasteiger partial charge in [-0.05, 0) is 48.2 Å². The van der Waals surface area contributed by atoms with Crippen molar-refractivity contribution in [2.24, 2.45) is 0 Å². The van der Waals surface area contributed by atoms with Crippen molar-refractivity contribution in [1.82, 2.24) is 14.9 Å². The first-order valence-electron chi connectivity index (χ1n) is 11.6. The second kappa shape index (κ2) is 10.2. The van der Waals surface area contributed by atoms with Crippen LogP contribution in [-0.2, 0) is 12.8 Å². The van der Waals surface area contributed by atoms with Gasteiger partial charge in [-0.3, -0.25) is 9.78 Å². The van der Waals surface area contributed by atoms with Crippen molar-refractivity contribution in [1.29, 1.82) is 0 Å². The molecule has 0 N–H and O–H groups in total. The average Bonchev–Trinajstić information content (AvgIpc) is 3.35. The number of likely N-dealkylation sites (tertiary alicyclic amines) is 1. The predicted molar refractivity (Wildman–Crippen MR) is 132 cm³/mol. The maximum absolute atomic E-state index is 13.1. The van der Waals surface area contributed by atoms with Crippen LogP contribution in [-0.4, -0.2) is 33.9 Å². The van der Waals surface area contributed by atoms with E-state index in [9.17, 15) is 4.79 Å². The van der Waals surface area contributed by atoms with E-state index in [1.54, 1.807) is 12.4 Å². The Morgan fingerprint density at radius 3 is 2.50 bits per heavy atom. The molecular weight excluding hydrogens is 446 g/mol. The van der Waals surface area contributed by atoms with Gasteiger partial charge in [0.2, 0.25) is 0 Å². The summed E-state index contributed by atoms with van der Waals surface area (Å²) in [6, 6.07) is 21.8. The summed E-state index contributed by atoms with van der Waals surface area (Å²) in [6.07, 6.45) is 6.79. The number of aromatic nitrogens is 2. The van der Waals surface area contributed by atoms with Crippen LogP contribution in [0.15, 0.2) is 83.5 Å². The fourth-order valence-electron chi connectivity index (χ4n) is 4.40. The van der Waals surface area contributed by atoms with E-state index in [4.69, 9.17) is 16.0 Å². The molecule has 0 radical (unpaired) electrons. The van der Waals surface area contributed by atoms with Gasteiger partial charge in [-0.2, -0.15) is 0 Å². The van der Waals surface area contributed by atoms with Crippen molar-refractivity contribution in [2.75, 3.05) is 13.1 Å². The highest BCUT2D eigenvalue weighted by Gasteiger charge is 2.28. The maximum Gasteiger partial charge on any atom is 0.255 e. The Hall–Kier alpha value is -3.44. The predicted octanol–water partition coefficient (Wildman–Crippen LogP) is 5.92. The second-order valence-corrected chi connectivity index (χ2v) is 9.20. The molecule has 1 saturated heterocycles. The van der Waals surface area contributed by atoms with Gasteiger partial charge in [-0.1, -0.05) is 54.1 Å². The normalized spacial score (nSPS) is 15.9. The average molecular weight is 472 g/mol. The second-order valence-electron chi connectivity index (χ2n) is 8.76.